The van der Waals surface area contributed by atoms with Crippen molar-refractivity contribution in [1.29, 1.82) is 0 Å². The first-order valence-corrected chi connectivity index (χ1v) is 10.6. The summed E-state index contributed by atoms with van der Waals surface area (Å²) in [6.07, 6.45) is 13.8. The molecule has 0 aliphatic heterocycles. The lowest BCUT2D eigenvalue weighted by atomic mass is 9.72. The maximum atomic E-state index is 12.6. The fourth-order valence-electron chi connectivity index (χ4n) is 3.93. The zero-order valence-electron chi connectivity index (χ0n) is 17.2. The van der Waals surface area contributed by atoms with Crippen LogP contribution >= 0.6 is 0 Å². The molecule has 0 saturated carbocycles. The molecule has 1 aliphatic rings. The van der Waals surface area contributed by atoms with Crippen LogP contribution in [-0.4, -0.2) is 6.09 Å². The summed E-state index contributed by atoms with van der Waals surface area (Å²) in [5.41, 5.74) is 2.17. The number of benzene rings is 2. The zero-order chi connectivity index (χ0) is 20.4. The number of carbonyl (C=O) groups is 1. The lowest BCUT2D eigenvalue weighted by Crippen LogP contribution is -2.34. The van der Waals surface area contributed by atoms with Gasteiger partial charge in [-0.15, -0.1) is 0 Å². The van der Waals surface area contributed by atoms with E-state index in [0.717, 1.165) is 30.4 Å². The van der Waals surface area contributed by atoms with Gasteiger partial charge in [0, 0.05) is 0 Å². The number of hydrogen-bond donors (Lipinski definition) is 1. The van der Waals surface area contributed by atoms with Crippen LogP contribution in [0.15, 0.2) is 85.0 Å². The number of alkyl carbamates (subject to hydrolysis) is 1. The van der Waals surface area contributed by atoms with Gasteiger partial charge in [-0.05, 0) is 35.8 Å². The van der Waals surface area contributed by atoms with Crippen molar-refractivity contribution in [3.05, 3.63) is 96.1 Å². The van der Waals surface area contributed by atoms with Crippen LogP contribution in [0.5, 0.6) is 0 Å². The zero-order valence-corrected chi connectivity index (χ0v) is 17.2. The fourth-order valence-corrected chi connectivity index (χ4v) is 3.93. The predicted octanol–water partition coefficient (Wildman–Crippen LogP) is 6.74. The van der Waals surface area contributed by atoms with E-state index >= 15 is 0 Å². The van der Waals surface area contributed by atoms with Crippen molar-refractivity contribution >= 4 is 6.09 Å². The molecule has 1 amide bonds. The number of ether oxygens (including phenoxy) is 1. The van der Waals surface area contributed by atoms with Gasteiger partial charge in [-0.3, -0.25) is 0 Å². The van der Waals surface area contributed by atoms with Crippen LogP contribution in [0, 0.1) is 5.41 Å². The molecule has 3 nitrogen and oxygen atoms in total. The van der Waals surface area contributed by atoms with Gasteiger partial charge in [-0.1, -0.05) is 105 Å². The molecule has 3 heteroatoms. The van der Waals surface area contributed by atoms with Gasteiger partial charge in [0.25, 0.3) is 0 Å². The van der Waals surface area contributed by atoms with Crippen molar-refractivity contribution in [2.45, 2.75) is 51.7 Å². The van der Waals surface area contributed by atoms with Crippen molar-refractivity contribution in [1.82, 2.24) is 5.32 Å². The third-order valence-corrected chi connectivity index (χ3v) is 5.57. The topological polar surface area (TPSA) is 38.3 Å². The van der Waals surface area contributed by atoms with Crippen molar-refractivity contribution in [3.8, 4) is 0 Å². The van der Waals surface area contributed by atoms with E-state index in [1.165, 1.54) is 12.8 Å². The first-order chi connectivity index (χ1) is 14.2. The molecule has 1 aliphatic carbocycles. The number of amides is 1. The Labute approximate surface area is 174 Å². The molecule has 2 aromatic rings. The Balaban J connectivity index is 1.71. The second-order valence-corrected chi connectivity index (χ2v) is 7.83. The Morgan fingerprint density at radius 2 is 1.79 bits per heavy atom. The second-order valence-electron chi connectivity index (χ2n) is 7.83. The normalized spacial score (nSPS) is 18.9. The highest BCUT2D eigenvalue weighted by Crippen LogP contribution is 2.41. The standard InChI is InChI=1S/C26H31NO2/c1-2-3-17-26(18-11-6-12-19-26)20-24(23-15-9-5-10-16-23)27-25(28)29-21-22-13-7-4-8-14-22/h4-16,18,24H,2-3,17,19-21H2,1H3,(H,27,28). The highest BCUT2D eigenvalue weighted by molar-refractivity contribution is 5.68. The predicted molar refractivity (Wildman–Crippen MR) is 118 cm³/mol. The number of rotatable bonds is 9. The van der Waals surface area contributed by atoms with Crippen LogP contribution in [-0.2, 0) is 11.3 Å². The van der Waals surface area contributed by atoms with Gasteiger partial charge in [0.05, 0.1) is 6.04 Å². The maximum Gasteiger partial charge on any atom is 0.407 e. The van der Waals surface area contributed by atoms with Gasteiger partial charge in [0.15, 0.2) is 0 Å². The fraction of sp³-hybridized carbons (Fsp3) is 0.346. The van der Waals surface area contributed by atoms with E-state index in [2.05, 4.69) is 48.7 Å². The molecule has 152 valence electrons. The molecule has 1 N–H and O–H groups in total. The highest BCUT2D eigenvalue weighted by atomic mass is 16.5. The van der Waals surface area contributed by atoms with E-state index in [9.17, 15) is 4.79 Å². The van der Waals surface area contributed by atoms with Crippen LogP contribution in [0.2, 0.25) is 0 Å². The molecular weight excluding hydrogens is 358 g/mol. The Hall–Kier alpha value is -2.81. The summed E-state index contributed by atoms with van der Waals surface area (Å²) >= 11 is 0. The summed E-state index contributed by atoms with van der Waals surface area (Å²) in [6, 6.07) is 19.9. The van der Waals surface area contributed by atoms with Crippen LogP contribution in [0.4, 0.5) is 4.79 Å². The number of hydrogen-bond acceptors (Lipinski definition) is 2. The Morgan fingerprint density at radius 1 is 1.07 bits per heavy atom. The van der Waals surface area contributed by atoms with Gasteiger partial charge in [-0.25, -0.2) is 4.79 Å². The van der Waals surface area contributed by atoms with E-state index < -0.39 is 0 Å². The van der Waals surface area contributed by atoms with E-state index in [4.69, 9.17) is 4.74 Å². The summed E-state index contributed by atoms with van der Waals surface area (Å²) in [4.78, 5) is 12.6. The number of nitrogens with one attached hydrogen (secondary N) is 1. The second kappa shape index (κ2) is 10.7. The SMILES string of the molecule is CCCCC1(CC(NC(=O)OCc2ccccc2)c2ccccc2)C=CC=CC1. The summed E-state index contributed by atoms with van der Waals surface area (Å²) < 4.78 is 5.50. The van der Waals surface area contributed by atoms with Crippen LogP contribution in [0.25, 0.3) is 0 Å². The summed E-state index contributed by atoms with van der Waals surface area (Å²) in [7, 11) is 0. The summed E-state index contributed by atoms with van der Waals surface area (Å²) in [6.45, 7) is 2.50. The molecule has 2 unspecified atom stereocenters. The third kappa shape index (κ3) is 6.35. The van der Waals surface area contributed by atoms with Gasteiger partial charge >= 0.3 is 6.09 Å². The first kappa shape index (κ1) is 20.9. The Kier molecular flexibility index (Phi) is 7.69. The molecule has 0 saturated heterocycles. The molecule has 0 aromatic heterocycles. The Bertz CT molecular complexity index is 813. The van der Waals surface area contributed by atoms with Gasteiger partial charge in [0.2, 0.25) is 0 Å². The average Bonchev–Trinajstić information content (AvgIpc) is 2.78. The van der Waals surface area contributed by atoms with E-state index in [1.807, 2.05) is 48.5 Å². The maximum absolute atomic E-state index is 12.6. The molecule has 0 radical (unpaired) electrons. The minimum absolute atomic E-state index is 0.0674. The Morgan fingerprint density at radius 3 is 2.45 bits per heavy atom. The van der Waals surface area contributed by atoms with Crippen molar-refractivity contribution in [2.75, 3.05) is 0 Å². The molecule has 0 spiro atoms. The van der Waals surface area contributed by atoms with Gasteiger partial charge < -0.3 is 10.1 Å². The van der Waals surface area contributed by atoms with Crippen molar-refractivity contribution < 1.29 is 9.53 Å². The molecule has 2 atom stereocenters. The lowest BCUT2D eigenvalue weighted by molar-refractivity contribution is 0.131. The first-order valence-electron chi connectivity index (χ1n) is 10.6. The molecule has 0 heterocycles. The largest absolute Gasteiger partial charge is 0.445 e. The summed E-state index contributed by atoms with van der Waals surface area (Å²) in [5, 5.41) is 3.13. The van der Waals surface area contributed by atoms with Crippen molar-refractivity contribution in [3.63, 3.8) is 0 Å². The lowest BCUT2D eigenvalue weighted by Gasteiger charge is -2.35. The van der Waals surface area contributed by atoms with Crippen LogP contribution in [0.3, 0.4) is 0 Å². The van der Waals surface area contributed by atoms with Crippen LogP contribution in [0.1, 0.15) is 56.2 Å². The molecule has 0 fully saturated rings. The minimum Gasteiger partial charge on any atom is -0.445 e. The highest BCUT2D eigenvalue weighted by Gasteiger charge is 2.31. The molecular formula is C26H31NO2. The smallest absolute Gasteiger partial charge is 0.407 e. The molecule has 3 rings (SSSR count). The molecule has 29 heavy (non-hydrogen) atoms. The van der Waals surface area contributed by atoms with E-state index in [0.29, 0.717) is 0 Å². The summed E-state index contributed by atoms with van der Waals surface area (Å²) in [5.74, 6) is 0. The molecule has 0 bridgehead atoms. The van der Waals surface area contributed by atoms with E-state index in [-0.39, 0.29) is 24.2 Å². The average molecular weight is 390 g/mol. The third-order valence-electron chi connectivity index (χ3n) is 5.57. The van der Waals surface area contributed by atoms with Crippen molar-refractivity contribution in [2.24, 2.45) is 5.41 Å². The quantitative estimate of drug-likeness (QED) is 0.516. The number of allylic oxidation sites excluding steroid dienone is 4. The van der Waals surface area contributed by atoms with E-state index in [1.54, 1.807) is 0 Å². The molecule has 2 aromatic carbocycles. The number of unbranched alkanes of at least 4 members (excludes halogenated alkanes) is 1. The van der Waals surface area contributed by atoms with Crippen LogP contribution < -0.4 is 5.32 Å². The van der Waals surface area contributed by atoms with Gasteiger partial charge in [0.1, 0.15) is 6.61 Å². The monoisotopic (exact) mass is 389 g/mol. The van der Waals surface area contributed by atoms with Gasteiger partial charge in [-0.2, -0.15) is 0 Å². The number of carbonyl (C=O) groups excluding carboxylic acids is 1. The minimum atomic E-state index is -0.372.